The van der Waals surface area contributed by atoms with E-state index in [2.05, 4.69) is 10.2 Å². The van der Waals surface area contributed by atoms with Gasteiger partial charge in [0.15, 0.2) is 6.10 Å². The lowest BCUT2D eigenvalue weighted by molar-refractivity contribution is -0.143. The van der Waals surface area contributed by atoms with Crippen LogP contribution in [-0.4, -0.2) is 16.2 Å². The van der Waals surface area contributed by atoms with Gasteiger partial charge in [0.2, 0.25) is 5.89 Å². The second kappa shape index (κ2) is 7.96. The summed E-state index contributed by atoms with van der Waals surface area (Å²) in [6.45, 7) is 1.68. The van der Waals surface area contributed by atoms with Crippen molar-refractivity contribution >= 4 is 45.1 Å². The maximum atomic E-state index is 12.2. The average molecular weight is 411 g/mol. The third-order valence-corrected chi connectivity index (χ3v) is 5.69. The largest absolute Gasteiger partial charge is 0.449 e. The van der Waals surface area contributed by atoms with Crippen molar-refractivity contribution in [3.8, 4) is 11.5 Å². The predicted octanol–water partition coefficient (Wildman–Crippen LogP) is 5.92. The van der Waals surface area contributed by atoms with Crippen LogP contribution in [-0.2, 0) is 9.53 Å². The van der Waals surface area contributed by atoms with Crippen molar-refractivity contribution in [3.63, 3.8) is 0 Å². The normalized spacial score (nSPS) is 12.5. The Labute approximate surface area is 170 Å². The van der Waals surface area contributed by atoms with Gasteiger partial charge in [-0.15, -0.1) is 21.5 Å². The van der Waals surface area contributed by atoms with Crippen LogP contribution in [0.3, 0.4) is 0 Å². The molecule has 0 aliphatic heterocycles. The van der Waals surface area contributed by atoms with Gasteiger partial charge in [-0.1, -0.05) is 48.0 Å². The first-order valence-electron chi connectivity index (χ1n) is 8.56. The summed E-state index contributed by atoms with van der Waals surface area (Å²) in [6.07, 6.45) is 2.34. The van der Waals surface area contributed by atoms with Crippen molar-refractivity contribution in [1.82, 2.24) is 10.2 Å². The van der Waals surface area contributed by atoms with Crippen LogP contribution in [0.5, 0.6) is 0 Å². The van der Waals surface area contributed by atoms with Gasteiger partial charge in [0.1, 0.15) is 0 Å². The standard InChI is InChI=1S/C21H15ClN2O3S/c1-13(20-23-24-21(27-20)14-7-3-2-4-8-14)26-18(25)12-11-17-19(22)15-9-5-6-10-16(15)28-17/h2-13H,1H3/b12-11+/t13-/m1/s1. The highest BCUT2D eigenvalue weighted by Crippen LogP contribution is 2.36. The van der Waals surface area contributed by atoms with E-state index < -0.39 is 12.1 Å². The summed E-state index contributed by atoms with van der Waals surface area (Å²) in [6, 6.07) is 17.2. The highest BCUT2D eigenvalue weighted by Gasteiger charge is 2.18. The number of hydrogen-bond donors (Lipinski definition) is 0. The van der Waals surface area contributed by atoms with E-state index in [1.807, 2.05) is 54.6 Å². The van der Waals surface area contributed by atoms with E-state index in [-0.39, 0.29) is 5.89 Å². The monoisotopic (exact) mass is 410 g/mol. The Balaban J connectivity index is 1.44. The molecule has 5 nitrogen and oxygen atoms in total. The molecule has 2 aromatic heterocycles. The molecule has 0 spiro atoms. The maximum absolute atomic E-state index is 12.2. The molecule has 0 unspecified atom stereocenters. The molecule has 0 fully saturated rings. The number of thiophene rings is 1. The molecule has 0 radical (unpaired) electrons. The van der Waals surface area contributed by atoms with Crippen LogP contribution < -0.4 is 0 Å². The topological polar surface area (TPSA) is 65.2 Å². The van der Waals surface area contributed by atoms with Gasteiger partial charge in [-0.3, -0.25) is 0 Å². The lowest BCUT2D eigenvalue weighted by Crippen LogP contribution is -2.06. The number of nitrogens with zero attached hydrogens (tertiary/aromatic N) is 2. The predicted molar refractivity (Wildman–Crippen MR) is 110 cm³/mol. The summed E-state index contributed by atoms with van der Waals surface area (Å²) < 4.78 is 12.0. The number of fused-ring (bicyclic) bond motifs is 1. The van der Waals surface area contributed by atoms with E-state index in [1.165, 1.54) is 17.4 Å². The Hall–Kier alpha value is -2.96. The first-order chi connectivity index (χ1) is 13.6. The van der Waals surface area contributed by atoms with Crippen LogP contribution in [0.25, 0.3) is 27.6 Å². The highest BCUT2D eigenvalue weighted by molar-refractivity contribution is 7.20. The van der Waals surface area contributed by atoms with Crippen LogP contribution in [0.2, 0.25) is 5.02 Å². The summed E-state index contributed by atoms with van der Waals surface area (Å²) in [5.74, 6) is 0.104. The summed E-state index contributed by atoms with van der Waals surface area (Å²) in [5, 5.41) is 9.57. The number of hydrogen-bond acceptors (Lipinski definition) is 6. The summed E-state index contributed by atoms with van der Waals surface area (Å²) in [7, 11) is 0. The van der Waals surface area contributed by atoms with Gasteiger partial charge in [-0.05, 0) is 31.2 Å². The molecule has 0 aliphatic rings. The molecule has 140 valence electrons. The van der Waals surface area contributed by atoms with Gasteiger partial charge in [-0.2, -0.15) is 0 Å². The van der Waals surface area contributed by atoms with Crippen LogP contribution in [0.4, 0.5) is 0 Å². The second-order valence-corrected chi connectivity index (χ2v) is 7.46. The zero-order valence-corrected chi connectivity index (χ0v) is 16.4. The quantitative estimate of drug-likeness (QED) is 0.301. The number of benzene rings is 2. The average Bonchev–Trinajstić information content (AvgIpc) is 3.33. The molecule has 0 N–H and O–H groups in total. The first-order valence-corrected chi connectivity index (χ1v) is 9.76. The van der Waals surface area contributed by atoms with Gasteiger partial charge in [0.05, 0.1) is 5.02 Å². The van der Waals surface area contributed by atoms with Gasteiger partial charge < -0.3 is 9.15 Å². The summed E-state index contributed by atoms with van der Waals surface area (Å²) in [4.78, 5) is 13.0. The molecule has 0 aliphatic carbocycles. The molecule has 0 saturated carbocycles. The fourth-order valence-electron chi connectivity index (χ4n) is 2.64. The smallest absolute Gasteiger partial charge is 0.331 e. The fraction of sp³-hybridized carbons (Fsp3) is 0.0952. The molecule has 2 heterocycles. The van der Waals surface area contributed by atoms with Crippen molar-refractivity contribution in [3.05, 3.63) is 76.5 Å². The number of carbonyl (C=O) groups is 1. The minimum Gasteiger partial charge on any atom is -0.449 e. The van der Waals surface area contributed by atoms with Gasteiger partial charge >= 0.3 is 5.97 Å². The van der Waals surface area contributed by atoms with Crippen molar-refractivity contribution in [1.29, 1.82) is 0 Å². The molecule has 1 atom stereocenters. The number of halogens is 1. The van der Waals surface area contributed by atoms with E-state index >= 15 is 0 Å². The van der Waals surface area contributed by atoms with Crippen LogP contribution in [0, 0.1) is 0 Å². The SMILES string of the molecule is C[C@@H](OC(=O)/C=C/c1sc2ccccc2c1Cl)c1nnc(-c2ccccc2)o1. The molecule has 0 bridgehead atoms. The van der Waals surface area contributed by atoms with Crippen LogP contribution in [0.15, 0.2) is 65.1 Å². The molecule has 0 amide bonds. The Bertz CT molecular complexity index is 1150. The lowest BCUT2D eigenvalue weighted by atomic mass is 10.2. The van der Waals surface area contributed by atoms with E-state index in [9.17, 15) is 4.79 Å². The van der Waals surface area contributed by atoms with Gasteiger partial charge in [-0.25, -0.2) is 4.79 Å². The molecule has 0 saturated heterocycles. The van der Waals surface area contributed by atoms with E-state index in [0.717, 1.165) is 20.5 Å². The van der Waals surface area contributed by atoms with Crippen LogP contribution >= 0.6 is 22.9 Å². The number of rotatable bonds is 5. The number of ether oxygens (including phenoxy) is 1. The van der Waals surface area contributed by atoms with Gasteiger partial charge in [0.25, 0.3) is 5.89 Å². The number of esters is 1. The van der Waals surface area contributed by atoms with Gasteiger partial charge in [0, 0.05) is 26.6 Å². The highest BCUT2D eigenvalue weighted by atomic mass is 35.5. The molecule has 4 aromatic rings. The van der Waals surface area contributed by atoms with E-state index in [4.69, 9.17) is 20.8 Å². The third kappa shape index (κ3) is 3.83. The number of carbonyl (C=O) groups excluding carboxylic acids is 1. The minimum absolute atomic E-state index is 0.237. The maximum Gasteiger partial charge on any atom is 0.331 e. The summed E-state index contributed by atoms with van der Waals surface area (Å²) >= 11 is 7.89. The van der Waals surface area contributed by atoms with E-state index in [1.54, 1.807) is 13.0 Å². The van der Waals surface area contributed by atoms with Crippen molar-refractivity contribution in [2.45, 2.75) is 13.0 Å². The Morgan fingerprint density at radius 1 is 1.14 bits per heavy atom. The van der Waals surface area contributed by atoms with Crippen molar-refractivity contribution < 1.29 is 13.9 Å². The molecule has 7 heteroatoms. The second-order valence-electron chi connectivity index (χ2n) is 6.00. The first kappa shape index (κ1) is 18.4. The lowest BCUT2D eigenvalue weighted by Gasteiger charge is -2.06. The minimum atomic E-state index is -0.667. The molecule has 28 heavy (non-hydrogen) atoms. The number of aromatic nitrogens is 2. The van der Waals surface area contributed by atoms with Crippen molar-refractivity contribution in [2.24, 2.45) is 0 Å². The van der Waals surface area contributed by atoms with Crippen LogP contribution in [0.1, 0.15) is 23.8 Å². The summed E-state index contributed by atoms with van der Waals surface area (Å²) in [5.41, 5.74) is 0.805. The van der Waals surface area contributed by atoms with E-state index in [0.29, 0.717) is 10.9 Å². The van der Waals surface area contributed by atoms with Crippen molar-refractivity contribution in [2.75, 3.05) is 0 Å². The molecular weight excluding hydrogens is 396 g/mol. The fourth-order valence-corrected chi connectivity index (χ4v) is 4.04. The Kier molecular flexibility index (Phi) is 5.23. The zero-order chi connectivity index (χ0) is 19.5. The molecule has 2 aromatic carbocycles. The molecule has 4 rings (SSSR count). The zero-order valence-electron chi connectivity index (χ0n) is 14.8. The third-order valence-electron chi connectivity index (χ3n) is 4.03. The Morgan fingerprint density at radius 3 is 2.68 bits per heavy atom. The molecular formula is C21H15ClN2O3S. The Morgan fingerprint density at radius 2 is 1.89 bits per heavy atom.